The van der Waals surface area contributed by atoms with Gasteiger partial charge < -0.3 is 11.1 Å². The Hall–Kier alpha value is -2.36. The van der Waals surface area contributed by atoms with Gasteiger partial charge in [0.25, 0.3) is 0 Å². The van der Waals surface area contributed by atoms with E-state index in [1.165, 1.54) is 5.56 Å². The smallest absolute Gasteiger partial charge is 0.248 e. The molecule has 0 saturated carbocycles. The quantitative estimate of drug-likeness (QED) is 0.861. The molecule has 92 valence electrons. The Labute approximate surface area is 106 Å². The van der Waals surface area contributed by atoms with Crippen molar-refractivity contribution in [2.24, 2.45) is 5.73 Å². The van der Waals surface area contributed by atoms with Crippen LogP contribution in [-0.4, -0.2) is 10.9 Å². The molecule has 0 aliphatic carbocycles. The second-order valence-corrected chi connectivity index (χ2v) is 4.10. The van der Waals surface area contributed by atoms with Crippen LogP contribution in [0.3, 0.4) is 0 Å². The molecule has 0 radical (unpaired) electrons. The number of rotatable bonds is 4. The second kappa shape index (κ2) is 5.31. The van der Waals surface area contributed by atoms with Crippen molar-refractivity contribution in [3.05, 3.63) is 59.4 Å². The number of aryl methyl sites for hydroxylation is 1. The first-order chi connectivity index (χ1) is 8.66. The fraction of sp³-hybridized carbons (Fsp3) is 0.143. The minimum atomic E-state index is -0.420. The average molecular weight is 241 g/mol. The summed E-state index contributed by atoms with van der Waals surface area (Å²) >= 11 is 0. The molecule has 0 atom stereocenters. The van der Waals surface area contributed by atoms with Crippen molar-refractivity contribution in [3.63, 3.8) is 0 Å². The highest BCUT2D eigenvalue weighted by Crippen LogP contribution is 2.13. The van der Waals surface area contributed by atoms with E-state index in [1.807, 2.05) is 25.3 Å². The number of carbonyl (C=O) groups is 1. The Bertz CT molecular complexity index is 566. The van der Waals surface area contributed by atoms with Gasteiger partial charge in [-0.1, -0.05) is 6.07 Å². The van der Waals surface area contributed by atoms with E-state index in [0.29, 0.717) is 12.1 Å². The van der Waals surface area contributed by atoms with Gasteiger partial charge in [-0.3, -0.25) is 9.78 Å². The number of anilines is 1. The number of benzene rings is 1. The van der Waals surface area contributed by atoms with E-state index in [-0.39, 0.29) is 0 Å². The average Bonchev–Trinajstić information content (AvgIpc) is 2.38. The molecule has 1 aromatic carbocycles. The maximum absolute atomic E-state index is 11.1. The summed E-state index contributed by atoms with van der Waals surface area (Å²) in [5.41, 5.74) is 8.92. The third-order valence-electron chi connectivity index (χ3n) is 2.78. The molecule has 1 heterocycles. The summed E-state index contributed by atoms with van der Waals surface area (Å²) in [6, 6.07) is 9.12. The molecule has 18 heavy (non-hydrogen) atoms. The van der Waals surface area contributed by atoms with Gasteiger partial charge in [-0.2, -0.15) is 0 Å². The Morgan fingerprint density at radius 1 is 1.39 bits per heavy atom. The van der Waals surface area contributed by atoms with Crippen LogP contribution in [0.15, 0.2) is 42.7 Å². The number of aromatic nitrogens is 1. The molecule has 2 rings (SSSR count). The summed E-state index contributed by atoms with van der Waals surface area (Å²) in [5, 5.41) is 3.25. The highest BCUT2D eigenvalue weighted by molar-refractivity contribution is 5.93. The van der Waals surface area contributed by atoms with E-state index in [4.69, 9.17) is 5.73 Å². The fourth-order valence-electron chi connectivity index (χ4n) is 1.66. The Morgan fingerprint density at radius 2 is 2.22 bits per heavy atom. The van der Waals surface area contributed by atoms with Crippen molar-refractivity contribution in [3.8, 4) is 0 Å². The molecule has 3 N–H and O–H groups in total. The van der Waals surface area contributed by atoms with Crippen LogP contribution in [0.25, 0.3) is 0 Å². The van der Waals surface area contributed by atoms with Crippen LogP contribution in [0, 0.1) is 6.92 Å². The van der Waals surface area contributed by atoms with Crippen LogP contribution in [-0.2, 0) is 6.54 Å². The summed E-state index contributed by atoms with van der Waals surface area (Å²) in [6.45, 7) is 2.71. The zero-order chi connectivity index (χ0) is 13.0. The summed E-state index contributed by atoms with van der Waals surface area (Å²) in [7, 11) is 0. The van der Waals surface area contributed by atoms with Gasteiger partial charge in [-0.15, -0.1) is 0 Å². The SMILES string of the molecule is Cc1ccncc1CNc1cccc(C(N)=O)c1. The lowest BCUT2D eigenvalue weighted by atomic mass is 10.1. The lowest BCUT2D eigenvalue weighted by molar-refractivity contribution is 0.100. The maximum Gasteiger partial charge on any atom is 0.248 e. The molecule has 1 amide bonds. The number of nitrogens with two attached hydrogens (primary N) is 1. The normalized spacial score (nSPS) is 10.1. The molecular weight excluding hydrogens is 226 g/mol. The van der Waals surface area contributed by atoms with Crippen LogP contribution in [0.5, 0.6) is 0 Å². The standard InChI is InChI=1S/C14H15N3O/c1-10-5-6-16-8-12(10)9-17-13-4-2-3-11(7-13)14(15)18/h2-8,17H,9H2,1H3,(H2,15,18). The topological polar surface area (TPSA) is 68.0 Å². The minimum absolute atomic E-state index is 0.420. The molecule has 0 saturated heterocycles. The fourth-order valence-corrected chi connectivity index (χ4v) is 1.66. The zero-order valence-corrected chi connectivity index (χ0v) is 10.2. The molecule has 1 aromatic heterocycles. The highest BCUT2D eigenvalue weighted by atomic mass is 16.1. The molecule has 4 nitrogen and oxygen atoms in total. The van der Waals surface area contributed by atoms with Crippen molar-refractivity contribution in [2.45, 2.75) is 13.5 Å². The molecule has 0 spiro atoms. The van der Waals surface area contributed by atoms with Crippen LogP contribution in [0.4, 0.5) is 5.69 Å². The van der Waals surface area contributed by atoms with Crippen LogP contribution >= 0.6 is 0 Å². The molecule has 0 unspecified atom stereocenters. The monoisotopic (exact) mass is 241 g/mol. The third-order valence-corrected chi connectivity index (χ3v) is 2.78. The van der Waals surface area contributed by atoms with E-state index >= 15 is 0 Å². The minimum Gasteiger partial charge on any atom is -0.381 e. The first-order valence-electron chi connectivity index (χ1n) is 5.70. The number of nitrogens with zero attached hydrogens (tertiary/aromatic N) is 1. The molecule has 2 aromatic rings. The molecule has 0 aliphatic heterocycles. The summed E-state index contributed by atoms with van der Waals surface area (Å²) in [5.74, 6) is -0.420. The number of carbonyl (C=O) groups excluding carboxylic acids is 1. The van der Waals surface area contributed by atoms with Gasteiger partial charge in [-0.25, -0.2) is 0 Å². The predicted octanol–water partition coefficient (Wildman–Crippen LogP) is 2.10. The van der Waals surface area contributed by atoms with E-state index in [1.54, 1.807) is 24.4 Å². The maximum atomic E-state index is 11.1. The number of pyridine rings is 1. The van der Waals surface area contributed by atoms with Gasteiger partial charge in [0.1, 0.15) is 0 Å². The molecule has 4 heteroatoms. The summed E-state index contributed by atoms with van der Waals surface area (Å²) < 4.78 is 0. The van der Waals surface area contributed by atoms with Crippen molar-refractivity contribution in [2.75, 3.05) is 5.32 Å². The van der Waals surface area contributed by atoms with Gasteiger partial charge in [-0.05, 0) is 42.3 Å². The lowest BCUT2D eigenvalue weighted by Crippen LogP contribution is -2.11. The van der Waals surface area contributed by atoms with Crippen molar-refractivity contribution in [1.82, 2.24) is 4.98 Å². The number of nitrogens with one attached hydrogen (secondary N) is 1. The zero-order valence-electron chi connectivity index (χ0n) is 10.2. The van der Waals surface area contributed by atoms with Gasteiger partial charge in [0.15, 0.2) is 0 Å². The summed E-state index contributed by atoms with van der Waals surface area (Å²) in [6.07, 6.45) is 3.60. The van der Waals surface area contributed by atoms with Gasteiger partial charge >= 0.3 is 0 Å². The van der Waals surface area contributed by atoms with E-state index < -0.39 is 5.91 Å². The number of primary amides is 1. The van der Waals surface area contributed by atoms with Crippen LogP contribution < -0.4 is 11.1 Å². The van der Waals surface area contributed by atoms with Crippen molar-refractivity contribution in [1.29, 1.82) is 0 Å². The van der Waals surface area contributed by atoms with E-state index in [2.05, 4.69) is 10.3 Å². The largest absolute Gasteiger partial charge is 0.381 e. The first kappa shape index (κ1) is 12.1. The highest BCUT2D eigenvalue weighted by Gasteiger charge is 2.02. The van der Waals surface area contributed by atoms with Crippen molar-refractivity contribution < 1.29 is 4.79 Å². The van der Waals surface area contributed by atoms with Gasteiger partial charge in [0.2, 0.25) is 5.91 Å². The van der Waals surface area contributed by atoms with Crippen molar-refractivity contribution >= 4 is 11.6 Å². The number of amides is 1. The molecule has 0 bridgehead atoms. The second-order valence-electron chi connectivity index (χ2n) is 4.10. The number of hydrogen-bond donors (Lipinski definition) is 2. The Balaban J connectivity index is 2.09. The van der Waals surface area contributed by atoms with Crippen LogP contribution in [0.1, 0.15) is 21.5 Å². The molecule has 0 aliphatic rings. The first-order valence-corrected chi connectivity index (χ1v) is 5.70. The summed E-state index contributed by atoms with van der Waals surface area (Å²) in [4.78, 5) is 15.2. The molecule has 0 fully saturated rings. The predicted molar refractivity (Wildman–Crippen MR) is 71.3 cm³/mol. The van der Waals surface area contributed by atoms with E-state index in [9.17, 15) is 4.79 Å². The molecular formula is C14H15N3O. The third kappa shape index (κ3) is 2.85. The van der Waals surface area contributed by atoms with Crippen LogP contribution in [0.2, 0.25) is 0 Å². The van der Waals surface area contributed by atoms with Gasteiger partial charge in [0, 0.05) is 30.2 Å². The van der Waals surface area contributed by atoms with E-state index in [0.717, 1.165) is 11.3 Å². The Kier molecular flexibility index (Phi) is 3.57. The number of hydrogen-bond acceptors (Lipinski definition) is 3. The van der Waals surface area contributed by atoms with Gasteiger partial charge in [0.05, 0.1) is 0 Å². The Morgan fingerprint density at radius 3 is 2.94 bits per heavy atom. The lowest BCUT2D eigenvalue weighted by Gasteiger charge is -2.09.